The largest absolute Gasteiger partial charge is 0.507 e. The summed E-state index contributed by atoms with van der Waals surface area (Å²) in [7, 11) is 1.53. The molecule has 182 valence electrons. The summed E-state index contributed by atoms with van der Waals surface area (Å²) in [4.78, 5) is 27.4. The van der Waals surface area contributed by atoms with Crippen LogP contribution in [0.2, 0.25) is 0 Å². The Kier molecular flexibility index (Phi) is 8.71. The van der Waals surface area contributed by atoms with Crippen LogP contribution in [0.3, 0.4) is 0 Å². The Hall–Kier alpha value is -3.32. The normalized spacial score (nSPS) is 17.4. The summed E-state index contributed by atoms with van der Waals surface area (Å²) in [5.41, 5.74) is 1.16. The van der Waals surface area contributed by atoms with Crippen LogP contribution in [-0.2, 0) is 14.3 Å². The fraction of sp³-hybridized carbons (Fsp3) is 0.407. The second-order valence-corrected chi connectivity index (χ2v) is 8.52. The zero-order valence-corrected chi connectivity index (χ0v) is 20.2. The van der Waals surface area contributed by atoms with Crippen molar-refractivity contribution in [1.29, 1.82) is 0 Å². The number of aliphatic hydroxyl groups is 1. The third kappa shape index (κ3) is 5.59. The summed E-state index contributed by atoms with van der Waals surface area (Å²) in [5, 5.41) is 11.1. The van der Waals surface area contributed by atoms with Crippen molar-refractivity contribution >= 4 is 17.4 Å². The van der Waals surface area contributed by atoms with Crippen LogP contribution in [-0.4, -0.2) is 55.2 Å². The van der Waals surface area contributed by atoms with E-state index in [-0.39, 0.29) is 24.5 Å². The monoisotopic (exact) mass is 467 g/mol. The lowest BCUT2D eigenvalue weighted by molar-refractivity contribution is -0.140. The molecule has 2 aromatic rings. The Morgan fingerprint density at radius 1 is 1.03 bits per heavy atom. The van der Waals surface area contributed by atoms with Crippen molar-refractivity contribution in [2.45, 2.75) is 33.2 Å². The van der Waals surface area contributed by atoms with E-state index in [1.165, 1.54) is 12.0 Å². The molecule has 0 bridgehead atoms. The number of ketones is 1. The van der Waals surface area contributed by atoms with Gasteiger partial charge in [0.1, 0.15) is 5.76 Å². The van der Waals surface area contributed by atoms with E-state index in [1.54, 1.807) is 36.4 Å². The molecule has 1 saturated heterocycles. The number of Topliss-reactive ketones (excluding diaryl/α,β-unsaturated/α-hetero) is 1. The molecule has 0 radical (unpaired) electrons. The molecule has 0 aliphatic carbocycles. The van der Waals surface area contributed by atoms with Gasteiger partial charge < -0.3 is 24.2 Å². The first-order chi connectivity index (χ1) is 16.4. The SMILES string of the molecule is CCOc1cc(C2C(=C(O)c3ccccc3)C(=O)C(=O)N2CCOC)ccc1OCCC(C)C. The number of hydrogen-bond donors (Lipinski definition) is 1. The Balaban J connectivity index is 2.08. The molecule has 1 aliphatic rings. The maximum absolute atomic E-state index is 13.1. The van der Waals surface area contributed by atoms with Gasteiger partial charge in [0.2, 0.25) is 0 Å². The van der Waals surface area contributed by atoms with E-state index in [2.05, 4.69) is 13.8 Å². The van der Waals surface area contributed by atoms with E-state index in [1.807, 2.05) is 19.1 Å². The van der Waals surface area contributed by atoms with Gasteiger partial charge in [-0.2, -0.15) is 0 Å². The fourth-order valence-electron chi connectivity index (χ4n) is 3.89. The number of amides is 1. The molecule has 0 spiro atoms. The molecular weight excluding hydrogens is 434 g/mol. The van der Waals surface area contributed by atoms with Gasteiger partial charge in [0.25, 0.3) is 11.7 Å². The van der Waals surface area contributed by atoms with Crippen LogP contribution in [0.5, 0.6) is 11.5 Å². The van der Waals surface area contributed by atoms with Crippen molar-refractivity contribution in [1.82, 2.24) is 4.90 Å². The van der Waals surface area contributed by atoms with Gasteiger partial charge in [-0.25, -0.2) is 0 Å². The average Bonchev–Trinajstić information content (AvgIpc) is 3.08. The number of benzene rings is 2. The highest BCUT2D eigenvalue weighted by molar-refractivity contribution is 6.46. The van der Waals surface area contributed by atoms with Crippen LogP contribution >= 0.6 is 0 Å². The summed E-state index contributed by atoms with van der Waals surface area (Å²) in [6.07, 6.45) is 0.904. The smallest absolute Gasteiger partial charge is 0.295 e. The minimum Gasteiger partial charge on any atom is -0.507 e. The number of hydrogen-bond acceptors (Lipinski definition) is 6. The molecule has 1 amide bonds. The van der Waals surface area contributed by atoms with Gasteiger partial charge in [-0.15, -0.1) is 0 Å². The highest BCUT2D eigenvalue weighted by Gasteiger charge is 2.46. The molecule has 1 unspecified atom stereocenters. The van der Waals surface area contributed by atoms with Crippen molar-refractivity contribution < 1.29 is 28.9 Å². The summed E-state index contributed by atoms with van der Waals surface area (Å²) < 4.78 is 16.9. The molecular formula is C27H33NO6. The van der Waals surface area contributed by atoms with E-state index in [0.717, 1.165) is 6.42 Å². The van der Waals surface area contributed by atoms with Gasteiger partial charge in [-0.3, -0.25) is 9.59 Å². The van der Waals surface area contributed by atoms with Gasteiger partial charge in [0, 0.05) is 19.2 Å². The van der Waals surface area contributed by atoms with E-state index >= 15 is 0 Å². The standard InChI is InChI=1S/C27H33NO6/c1-5-33-22-17-20(11-12-21(22)34-15-13-18(2)3)24-23(25(29)19-9-7-6-8-10-19)26(30)27(31)28(24)14-16-32-4/h6-12,17-18,24,29H,5,13-16H2,1-4H3. The molecule has 7 heteroatoms. The van der Waals surface area contributed by atoms with E-state index in [0.29, 0.717) is 41.8 Å². The second-order valence-electron chi connectivity index (χ2n) is 8.52. The first kappa shape index (κ1) is 25.3. The van der Waals surface area contributed by atoms with Gasteiger partial charge >= 0.3 is 0 Å². The molecule has 1 aliphatic heterocycles. The molecule has 1 heterocycles. The lowest BCUT2D eigenvalue weighted by Crippen LogP contribution is -2.32. The quantitative estimate of drug-likeness (QED) is 0.296. The van der Waals surface area contributed by atoms with Gasteiger partial charge in [0.05, 0.1) is 31.4 Å². The zero-order chi connectivity index (χ0) is 24.7. The van der Waals surface area contributed by atoms with Crippen LogP contribution < -0.4 is 9.47 Å². The van der Waals surface area contributed by atoms with Crippen molar-refractivity contribution in [2.75, 3.05) is 33.5 Å². The highest BCUT2D eigenvalue weighted by atomic mass is 16.5. The molecule has 0 aromatic heterocycles. The van der Waals surface area contributed by atoms with Crippen LogP contribution in [0, 0.1) is 5.92 Å². The fourth-order valence-corrected chi connectivity index (χ4v) is 3.89. The second kappa shape index (κ2) is 11.7. The van der Waals surface area contributed by atoms with Crippen molar-refractivity contribution in [2.24, 2.45) is 5.92 Å². The number of nitrogens with zero attached hydrogens (tertiary/aromatic N) is 1. The number of ether oxygens (including phenoxy) is 3. The lowest BCUT2D eigenvalue weighted by Gasteiger charge is -2.26. The molecule has 2 aromatic carbocycles. The van der Waals surface area contributed by atoms with Gasteiger partial charge in [-0.05, 0) is 37.0 Å². The van der Waals surface area contributed by atoms with Crippen LogP contribution in [0.4, 0.5) is 0 Å². The lowest BCUT2D eigenvalue weighted by atomic mass is 9.95. The summed E-state index contributed by atoms with van der Waals surface area (Å²) >= 11 is 0. The summed E-state index contributed by atoms with van der Waals surface area (Å²) in [5.74, 6) is 0.0313. The maximum Gasteiger partial charge on any atom is 0.295 e. The van der Waals surface area contributed by atoms with Crippen LogP contribution in [0.15, 0.2) is 54.1 Å². The third-order valence-corrected chi connectivity index (χ3v) is 5.66. The predicted molar refractivity (Wildman–Crippen MR) is 130 cm³/mol. The van der Waals surface area contributed by atoms with E-state index in [9.17, 15) is 14.7 Å². The highest BCUT2D eigenvalue weighted by Crippen LogP contribution is 2.42. The molecule has 3 rings (SSSR count). The Bertz CT molecular complexity index is 1030. The number of aliphatic hydroxyl groups excluding tert-OH is 1. The first-order valence-electron chi connectivity index (χ1n) is 11.6. The zero-order valence-electron chi connectivity index (χ0n) is 20.2. The topological polar surface area (TPSA) is 85.3 Å². The van der Waals surface area contributed by atoms with Crippen LogP contribution in [0.1, 0.15) is 44.4 Å². The third-order valence-electron chi connectivity index (χ3n) is 5.66. The maximum atomic E-state index is 13.1. The van der Waals surface area contributed by atoms with Crippen LogP contribution in [0.25, 0.3) is 5.76 Å². The number of carbonyl (C=O) groups is 2. The summed E-state index contributed by atoms with van der Waals surface area (Å²) in [6, 6.07) is 13.4. The molecule has 1 atom stereocenters. The number of carbonyl (C=O) groups excluding carboxylic acids is 2. The summed E-state index contributed by atoms with van der Waals surface area (Å²) in [6.45, 7) is 7.58. The number of rotatable bonds is 11. The molecule has 0 saturated carbocycles. The average molecular weight is 468 g/mol. The van der Waals surface area contributed by atoms with Gasteiger partial charge in [0.15, 0.2) is 11.5 Å². The number of methoxy groups -OCH3 is 1. The predicted octanol–water partition coefficient (Wildman–Crippen LogP) is 4.58. The minimum absolute atomic E-state index is 0.0447. The van der Waals surface area contributed by atoms with E-state index in [4.69, 9.17) is 14.2 Å². The first-order valence-corrected chi connectivity index (χ1v) is 11.6. The molecule has 1 N–H and O–H groups in total. The molecule has 7 nitrogen and oxygen atoms in total. The van der Waals surface area contributed by atoms with E-state index < -0.39 is 17.7 Å². The molecule has 1 fully saturated rings. The van der Waals surface area contributed by atoms with Crippen molar-refractivity contribution in [3.63, 3.8) is 0 Å². The minimum atomic E-state index is -0.778. The number of likely N-dealkylation sites (tertiary alicyclic amines) is 1. The Morgan fingerprint density at radius 2 is 1.76 bits per heavy atom. The van der Waals surface area contributed by atoms with Crippen molar-refractivity contribution in [3.05, 3.63) is 65.2 Å². The molecule has 34 heavy (non-hydrogen) atoms. The van der Waals surface area contributed by atoms with Crippen molar-refractivity contribution in [3.8, 4) is 11.5 Å². The van der Waals surface area contributed by atoms with Gasteiger partial charge in [-0.1, -0.05) is 50.2 Å². The Labute approximate surface area is 200 Å². The Morgan fingerprint density at radius 3 is 2.41 bits per heavy atom.